The number of carbonyl (C=O) groups is 1. The number of likely N-dealkylation sites (N-methyl/N-ethyl adjacent to an activating group) is 1. The number of carbonyl (C=O) groups excluding carboxylic acids is 1. The summed E-state index contributed by atoms with van der Waals surface area (Å²) in [7, 11) is 1.99. The lowest BCUT2D eigenvalue weighted by molar-refractivity contribution is -0.134. The maximum atomic E-state index is 12.2. The minimum atomic E-state index is 0.0993. The van der Waals surface area contributed by atoms with Crippen molar-refractivity contribution in [1.82, 2.24) is 10.2 Å². The summed E-state index contributed by atoms with van der Waals surface area (Å²) >= 11 is 0. The van der Waals surface area contributed by atoms with Crippen molar-refractivity contribution >= 4 is 5.91 Å². The summed E-state index contributed by atoms with van der Waals surface area (Å²) < 4.78 is 0. The first-order valence-corrected chi connectivity index (χ1v) is 6.68. The number of rotatable bonds is 2. The molecule has 2 fully saturated rings. The van der Waals surface area contributed by atoms with Crippen molar-refractivity contribution < 1.29 is 4.79 Å². The third kappa shape index (κ3) is 2.57. The maximum Gasteiger partial charge on any atom is 0.239 e. The van der Waals surface area contributed by atoms with E-state index in [1.165, 1.54) is 25.7 Å². The Labute approximate surface area is 98.6 Å². The van der Waals surface area contributed by atoms with Gasteiger partial charge in [0.2, 0.25) is 5.91 Å². The van der Waals surface area contributed by atoms with Crippen LogP contribution in [0.5, 0.6) is 0 Å². The van der Waals surface area contributed by atoms with Gasteiger partial charge in [0.25, 0.3) is 0 Å². The molecule has 2 aliphatic rings. The van der Waals surface area contributed by atoms with Crippen molar-refractivity contribution in [2.75, 3.05) is 13.6 Å². The number of nitrogens with zero attached hydrogens (tertiary/aromatic N) is 1. The van der Waals surface area contributed by atoms with Crippen LogP contribution in [-0.2, 0) is 4.79 Å². The molecule has 0 bridgehead atoms. The van der Waals surface area contributed by atoms with E-state index in [0.717, 1.165) is 25.3 Å². The van der Waals surface area contributed by atoms with Gasteiger partial charge in [-0.05, 0) is 38.1 Å². The van der Waals surface area contributed by atoms with Crippen molar-refractivity contribution in [2.24, 2.45) is 5.92 Å². The quantitative estimate of drug-likeness (QED) is 0.775. The first-order valence-electron chi connectivity index (χ1n) is 6.68. The maximum absolute atomic E-state index is 12.2. The second-order valence-electron chi connectivity index (χ2n) is 5.52. The molecule has 1 saturated heterocycles. The summed E-state index contributed by atoms with van der Waals surface area (Å²) in [5.41, 5.74) is 0. The molecule has 1 saturated carbocycles. The molecule has 92 valence electrons. The fraction of sp³-hybridized carbons (Fsp3) is 0.923. The van der Waals surface area contributed by atoms with Gasteiger partial charge in [0.1, 0.15) is 0 Å². The van der Waals surface area contributed by atoms with Crippen molar-refractivity contribution in [3.8, 4) is 0 Å². The summed E-state index contributed by atoms with van der Waals surface area (Å²) in [6.07, 6.45) is 7.16. The molecule has 3 atom stereocenters. The molecule has 0 aromatic rings. The number of hydrogen-bond acceptors (Lipinski definition) is 2. The molecular weight excluding hydrogens is 200 g/mol. The third-order valence-corrected chi connectivity index (χ3v) is 4.16. The Kier molecular flexibility index (Phi) is 3.85. The van der Waals surface area contributed by atoms with E-state index in [2.05, 4.69) is 12.2 Å². The Morgan fingerprint density at radius 2 is 2.06 bits per heavy atom. The largest absolute Gasteiger partial charge is 0.341 e. The van der Waals surface area contributed by atoms with Crippen LogP contribution in [0.3, 0.4) is 0 Å². The van der Waals surface area contributed by atoms with E-state index in [0.29, 0.717) is 11.9 Å². The second kappa shape index (κ2) is 5.17. The van der Waals surface area contributed by atoms with Crippen molar-refractivity contribution in [3.63, 3.8) is 0 Å². The van der Waals surface area contributed by atoms with Crippen LogP contribution in [0.1, 0.15) is 45.4 Å². The van der Waals surface area contributed by atoms with Gasteiger partial charge in [0.05, 0.1) is 6.04 Å². The van der Waals surface area contributed by atoms with E-state index in [9.17, 15) is 4.79 Å². The Hall–Kier alpha value is -0.570. The molecule has 2 rings (SSSR count). The first-order chi connectivity index (χ1) is 7.68. The zero-order chi connectivity index (χ0) is 11.5. The standard InChI is InChI=1S/C13H24N2O/c1-10-5-3-6-11(9-10)15(2)13(16)12-7-4-8-14-12/h10-12,14H,3-9H2,1-2H3/t10?,11?,12-/m1/s1. The van der Waals surface area contributed by atoms with Gasteiger partial charge in [-0.1, -0.05) is 19.8 Å². The van der Waals surface area contributed by atoms with Crippen LogP contribution in [0.2, 0.25) is 0 Å². The van der Waals surface area contributed by atoms with E-state index in [1.54, 1.807) is 0 Å². The molecule has 3 heteroatoms. The molecule has 3 nitrogen and oxygen atoms in total. The highest BCUT2D eigenvalue weighted by atomic mass is 16.2. The SMILES string of the molecule is CC1CCCC(N(C)C(=O)[C@H]2CCCN2)C1. The van der Waals surface area contributed by atoms with Gasteiger partial charge in [-0.25, -0.2) is 0 Å². The van der Waals surface area contributed by atoms with E-state index >= 15 is 0 Å². The normalized spacial score (nSPS) is 35.0. The van der Waals surface area contributed by atoms with Gasteiger partial charge >= 0.3 is 0 Å². The van der Waals surface area contributed by atoms with E-state index < -0.39 is 0 Å². The van der Waals surface area contributed by atoms with E-state index in [-0.39, 0.29) is 6.04 Å². The van der Waals surface area contributed by atoms with Crippen molar-refractivity contribution in [2.45, 2.75) is 57.5 Å². The lowest BCUT2D eigenvalue weighted by Crippen LogP contribution is -2.47. The van der Waals surface area contributed by atoms with Crippen LogP contribution in [0.15, 0.2) is 0 Å². The fourth-order valence-corrected chi connectivity index (χ4v) is 3.07. The minimum absolute atomic E-state index is 0.0993. The van der Waals surface area contributed by atoms with Gasteiger partial charge in [-0.3, -0.25) is 4.79 Å². The van der Waals surface area contributed by atoms with Crippen LogP contribution in [0.25, 0.3) is 0 Å². The zero-order valence-corrected chi connectivity index (χ0v) is 10.5. The summed E-state index contributed by atoms with van der Waals surface area (Å²) in [6, 6.07) is 0.584. The molecule has 2 unspecified atom stereocenters. The molecule has 0 radical (unpaired) electrons. The van der Waals surface area contributed by atoms with Crippen LogP contribution < -0.4 is 5.32 Å². The first kappa shape index (κ1) is 11.9. The summed E-state index contributed by atoms with van der Waals surface area (Å²) in [5.74, 6) is 1.10. The van der Waals surface area contributed by atoms with E-state index in [4.69, 9.17) is 0 Å². The van der Waals surface area contributed by atoms with Crippen LogP contribution in [0, 0.1) is 5.92 Å². The van der Waals surface area contributed by atoms with Crippen LogP contribution in [0.4, 0.5) is 0 Å². The van der Waals surface area contributed by atoms with Crippen LogP contribution in [-0.4, -0.2) is 36.5 Å². The molecule has 1 aliphatic carbocycles. The van der Waals surface area contributed by atoms with E-state index in [1.807, 2.05) is 11.9 Å². The average Bonchev–Trinajstić information content (AvgIpc) is 2.80. The van der Waals surface area contributed by atoms with Crippen LogP contribution >= 0.6 is 0 Å². The number of hydrogen-bond donors (Lipinski definition) is 1. The Bertz CT molecular complexity index is 248. The molecule has 1 aliphatic heterocycles. The molecule has 0 aromatic heterocycles. The third-order valence-electron chi connectivity index (χ3n) is 4.16. The number of nitrogens with one attached hydrogen (secondary N) is 1. The molecule has 1 heterocycles. The Morgan fingerprint density at radius 1 is 1.25 bits per heavy atom. The van der Waals surface area contributed by atoms with Gasteiger partial charge in [0, 0.05) is 13.1 Å². The molecule has 0 aromatic carbocycles. The van der Waals surface area contributed by atoms with Crippen molar-refractivity contribution in [3.05, 3.63) is 0 Å². The molecule has 1 amide bonds. The Balaban J connectivity index is 1.89. The predicted molar refractivity (Wildman–Crippen MR) is 65.2 cm³/mol. The molecule has 0 spiro atoms. The van der Waals surface area contributed by atoms with Crippen molar-refractivity contribution in [1.29, 1.82) is 0 Å². The Morgan fingerprint density at radius 3 is 2.69 bits per heavy atom. The molecule has 16 heavy (non-hydrogen) atoms. The minimum Gasteiger partial charge on any atom is -0.341 e. The highest BCUT2D eigenvalue weighted by Gasteiger charge is 2.30. The topological polar surface area (TPSA) is 32.3 Å². The zero-order valence-electron chi connectivity index (χ0n) is 10.5. The van der Waals surface area contributed by atoms with Gasteiger partial charge in [0.15, 0.2) is 0 Å². The lowest BCUT2D eigenvalue weighted by Gasteiger charge is -2.35. The lowest BCUT2D eigenvalue weighted by atomic mass is 9.86. The summed E-state index contributed by atoms with van der Waals surface area (Å²) in [6.45, 7) is 3.31. The summed E-state index contributed by atoms with van der Waals surface area (Å²) in [5, 5.41) is 3.30. The van der Waals surface area contributed by atoms with Gasteiger partial charge in [-0.2, -0.15) is 0 Å². The predicted octanol–water partition coefficient (Wildman–Crippen LogP) is 1.78. The highest BCUT2D eigenvalue weighted by molar-refractivity contribution is 5.82. The monoisotopic (exact) mass is 224 g/mol. The molecular formula is C13H24N2O. The smallest absolute Gasteiger partial charge is 0.239 e. The summed E-state index contributed by atoms with van der Waals surface area (Å²) in [4.78, 5) is 14.2. The highest BCUT2D eigenvalue weighted by Crippen LogP contribution is 2.27. The average molecular weight is 224 g/mol. The van der Waals surface area contributed by atoms with Gasteiger partial charge < -0.3 is 10.2 Å². The van der Waals surface area contributed by atoms with Gasteiger partial charge in [-0.15, -0.1) is 0 Å². The number of amides is 1. The fourth-order valence-electron chi connectivity index (χ4n) is 3.07. The second-order valence-corrected chi connectivity index (χ2v) is 5.52. The molecule has 1 N–H and O–H groups in total.